The fourth-order valence-electron chi connectivity index (χ4n) is 6.63. The first-order valence-electron chi connectivity index (χ1n) is 15.5. The predicted molar refractivity (Wildman–Crippen MR) is 171 cm³/mol. The van der Waals surface area contributed by atoms with E-state index in [0.717, 1.165) is 22.5 Å². The van der Waals surface area contributed by atoms with Crippen molar-refractivity contribution in [1.29, 1.82) is 0 Å². The molecule has 3 aliphatic rings. The smallest absolute Gasteiger partial charge is 0.332 e. The van der Waals surface area contributed by atoms with Gasteiger partial charge < -0.3 is 20.4 Å². The van der Waals surface area contributed by atoms with Crippen LogP contribution in [0, 0.1) is 0 Å². The van der Waals surface area contributed by atoms with E-state index in [-0.39, 0.29) is 23.8 Å². The molecule has 0 unspecified atom stereocenters. The molecule has 6 rings (SSSR count). The number of hydrogen-bond donors (Lipinski definition) is 2. The molecule has 1 aliphatic carbocycles. The highest BCUT2D eigenvalue weighted by molar-refractivity contribution is 6.23. The van der Waals surface area contributed by atoms with Gasteiger partial charge in [0.2, 0.25) is 5.91 Å². The van der Waals surface area contributed by atoms with E-state index in [9.17, 15) is 14.4 Å². The summed E-state index contributed by atoms with van der Waals surface area (Å²) in [5.74, 6) is 0.363. The van der Waals surface area contributed by atoms with Gasteiger partial charge in [-0.3, -0.25) is 14.6 Å². The van der Waals surface area contributed by atoms with Crippen molar-refractivity contribution in [3.8, 4) is 0 Å². The van der Waals surface area contributed by atoms with E-state index in [1.165, 1.54) is 30.6 Å². The van der Waals surface area contributed by atoms with Crippen molar-refractivity contribution in [2.45, 2.75) is 83.3 Å². The molecule has 4 amide bonds. The first-order valence-corrected chi connectivity index (χ1v) is 15.5. The monoisotopic (exact) mass is 595 g/mol. The molecule has 1 aromatic carbocycles. The van der Waals surface area contributed by atoms with Crippen LogP contribution in [0.25, 0.3) is 0 Å². The summed E-state index contributed by atoms with van der Waals surface area (Å²) in [4.78, 5) is 54.4. The molecule has 0 bridgehead atoms. The highest BCUT2D eigenvalue weighted by atomic mass is 16.2. The van der Waals surface area contributed by atoms with Crippen LogP contribution in [0.1, 0.15) is 70.9 Å². The number of hydrogen-bond acceptors (Lipinski definition) is 7. The largest absolute Gasteiger partial charge is 0.339 e. The minimum absolute atomic E-state index is 0.0499. The van der Waals surface area contributed by atoms with Crippen molar-refractivity contribution in [2.24, 2.45) is 0 Å². The standard InChI is InChI=1S/C34H41N7O3/c1-33(2)22-39(30(42)14-17-36-24-8-5-6-9-24)28-19-26(11-12-27(28)33)41-31(43)34(3,4)40(32(41)44)21-23-13-16-37-29(18-23)38-25-10-7-15-35-20-25/h7,10-13,15-16,18-20,24,36H,5-6,8-9,14,17,21-22H2,1-4H3,(H,37,38). The van der Waals surface area contributed by atoms with Crippen LogP contribution in [0.3, 0.4) is 0 Å². The number of urea groups is 1. The second-order valence-electron chi connectivity index (χ2n) is 13.2. The van der Waals surface area contributed by atoms with Gasteiger partial charge >= 0.3 is 6.03 Å². The molecule has 10 nitrogen and oxygen atoms in total. The summed E-state index contributed by atoms with van der Waals surface area (Å²) in [6.07, 6.45) is 10.3. The second-order valence-corrected chi connectivity index (χ2v) is 13.2. The van der Waals surface area contributed by atoms with Gasteiger partial charge in [0.15, 0.2) is 0 Å². The molecule has 2 fully saturated rings. The number of pyridine rings is 2. The maximum atomic E-state index is 13.9. The van der Waals surface area contributed by atoms with Crippen LogP contribution in [-0.4, -0.2) is 57.4 Å². The number of benzene rings is 1. The maximum Gasteiger partial charge on any atom is 0.332 e. The number of imide groups is 1. The lowest BCUT2D eigenvalue weighted by Crippen LogP contribution is -2.43. The van der Waals surface area contributed by atoms with Gasteiger partial charge in [0, 0.05) is 55.6 Å². The molecule has 0 radical (unpaired) electrons. The Morgan fingerprint density at radius 2 is 1.82 bits per heavy atom. The summed E-state index contributed by atoms with van der Waals surface area (Å²) < 4.78 is 0. The molecule has 44 heavy (non-hydrogen) atoms. The predicted octanol–water partition coefficient (Wildman–Crippen LogP) is 5.51. The van der Waals surface area contributed by atoms with E-state index >= 15 is 0 Å². The summed E-state index contributed by atoms with van der Waals surface area (Å²) in [6.45, 7) is 9.23. The number of aromatic nitrogens is 2. The minimum Gasteiger partial charge on any atom is -0.339 e. The van der Waals surface area contributed by atoms with Gasteiger partial charge in [0.05, 0.1) is 17.6 Å². The van der Waals surface area contributed by atoms with Crippen LogP contribution in [-0.2, 0) is 21.5 Å². The zero-order chi connectivity index (χ0) is 31.1. The number of carbonyl (C=O) groups excluding carboxylic acids is 3. The zero-order valence-electron chi connectivity index (χ0n) is 26.0. The molecule has 2 aliphatic heterocycles. The van der Waals surface area contributed by atoms with Gasteiger partial charge in [-0.05, 0) is 74.2 Å². The summed E-state index contributed by atoms with van der Waals surface area (Å²) in [6, 6.07) is 13.2. The van der Waals surface area contributed by atoms with Crippen LogP contribution in [0.4, 0.5) is 27.7 Å². The van der Waals surface area contributed by atoms with Crippen molar-refractivity contribution < 1.29 is 14.4 Å². The lowest BCUT2D eigenvalue weighted by Gasteiger charge is -2.27. The van der Waals surface area contributed by atoms with E-state index in [4.69, 9.17) is 0 Å². The van der Waals surface area contributed by atoms with Crippen LogP contribution in [0.5, 0.6) is 0 Å². The zero-order valence-corrected chi connectivity index (χ0v) is 26.0. The lowest BCUT2D eigenvalue weighted by atomic mass is 9.87. The Morgan fingerprint density at radius 3 is 2.57 bits per heavy atom. The molecule has 10 heteroatoms. The Bertz CT molecular complexity index is 1570. The molecule has 2 aromatic heterocycles. The molecule has 0 spiro atoms. The Balaban J connectivity index is 1.21. The lowest BCUT2D eigenvalue weighted by molar-refractivity contribution is -0.123. The number of carbonyl (C=O) groups is 3. The molecular formula is C34H41N7O3. The van der Waals surface area contributed by atoms with Crippen molar-refractivity contribution >= 4 is 40.7 Å². The Kier molecular flexibility index (Phi) is 7.88. The van der Waals surface area contributed by atoms with Gasteiger partial charge in [0.25, 0.3) is 5.91 Å². The minimum atomic E-state index is -1.07. The third-order valence-electron chi connectivity index (χ3n) is 9.16. The van der Waals surface area contributed by atoms with Gasteiger partial charge in [-0.1, -0.05) is 32.8 Å². The number of nitrogens with zero attached hydrogens (tertiary/aromatic N) is 5. The maximum absolute atomic E-state index is 13.9. The summed E-state index contributed by atoms with van der Waals surface area (Å²) in [5, 5.41) is 6.76. The van der Waals surface area contributed by atoms with E-state index in [2.05, 4.69) is 34.4 Å². The third-order valence-corrected chi connectivity index (χ3v) is 9.16. The topological polar surface area (TPSA) is 111 Å². The first-order chi connectivity index (χ1) is 21.0. The number of anilines is 4. The quantitative estimate of drug-likeness (QED) is 0.314. The fourth-order valence-corrected chi connectivity index (χ4v) is 6.63. The molecule has 1 saturated heterocycles. The number of nitrogens with one attached hydrogen (secondary N) is 2. The molecule has 2 N–H and O–H groups in total. The molecule has 3 aromatic rings. The van der Waals surface area contributed by atoms with Crippen LogP contribution in [0.2, 0.25) is 0 Å². The number of rotatable bonds is 9. The van der Waals surface area contributed by atoms with Crippen molar-refractivity contribution in [2.75, 3.05) is 28.2 Å². The normalized spacial score (nSPS) is 19.1. The average Bonchev–Trinajstić information content (AvgIpc) is 3.65. The Morgan fingerprint density at radius 1 is 1.02 bits per heavy atom. The van der Waals surface area contributed by atoms with E-state index in [0.29, 0.717) is 37.1 Å². The molecule has 4 heterocycles. The first kappa shape index (κ1) is 29.7. The fraction of sp³-hybridized carbons (Fsp3) is 0.441. The molecule has 230 valence electrons. The summed E-state index contributed by atoms with van der Waals surface area (Å²) in [7, 11) is 0. The van der Waals surface area contributed by atoms with Crippen LogP contribution in [0.15, 0.2) is 61.1 Å². The van der Waals surface area contributed by atoms with E-state index < -0.39 is 11.6 Å². The Hall–Kier alpha value is -4.31. The SMILES string of the molecule is CC1(C)CN(C(=O)CCNC2CCCC2)c2cc(N3C(=O)N(Cc4ccnc(Nc5cccnc5)c4)C(C)(C)C3=O)ccc21. The van der Waals surface area contributed by atoms with Crippen LogP contribution >= 0.6 is 0 Å². The second kappa shape index (κ2) is 11.6. The number of amides is 4. The highest BCUT2D eigenvalue weighted by Gasteiger charge is 2.52. The third kappa shape index (κ3) is 5.66. The molecule has 1 saturated carbocycles. The van der Waals surface area contributed by atoms with Crippen molar-refractivity contribution in [3.63, 3.8) is 0 Å². The van der Waals surface area contributed by atoms with Crippen molar-refractivity contribution in [3.05, 3.63) is 72.2 Å². The van der Waals surface area contributed by atoms with Crippen molar-refractivity contribution in [1.82, 2.24) is 20.2 Å². The molecular weight excluding hydrogens is 554 g/mol. The molecule has 0 atom stereocenters. The Labute approximate surface area is 258 Å². The van der Waals surface area contributed by atoms with Crippen LogP contribution < -0.4 is 20.4 Å². The summed E-state index contributed by atoms with van der Waals surface area (Å²) in [5.41, 5.74) is 2.61. The van der Waals surface area contributed by atoms with E-state index in [1.807, 2.05) is 47.4 Å². The van der Waals surface area contributed by atoms with Gasteiger partial charge in [0.1, 0.15) is 11.4 Å². The average molecular weight is 596 g/mol. The van der Waals surface area contributed by atoms with Gasteiger partial charge in [-0.2, -0.15) is 0 Å². The van der Waals surface area contributed by atoms with Gasteiger partial charge in [-0.25, -0.2) is 14.7 Å². The summed E-state index contributed by atoms with van der Waals surface area (Å²) >= 11 is 0. The van der Waals surface area contributed by atoms with E-state index in [1.54, 1.807) is 37.3 Å². The highest BCUT2D eigenvalue weighted by Crippen LogP contribution is 2.44. The van der Waals surface area contributed by atoms with Gasteiger partial charge in [-0.15, -0.1) is 0 Å². The number of fused-ring (bicyclic) bond motifs is 1.